The van der Waals surface area contributed by atoms with E-state index in [0.29, 0.717) is 19.5 Å². The standard InChI is InChI=1S/C15H20N2O3S/c1-2-16(13-8-10-21(19,20)11-13)15(18)17-9-7-12-5-3-4-6-14(12)17/h3-6,13H,2,7-11H2,1H3. The number of fused-ring (bicyclic) bond motifs is 1. The Morgan fingerprint density at radius 1 is 1.38 bits per heavy atom. The lowest BCUT2D eigenvalue weighted by Crippen LogP contribution is -2.48. The number of urea groups is 1. The number of rotatable bonds is 2. The van der Waals surface area contributed by atoms with E-state index in [-0.39, 0.29) is 23.6 Å². The highest BCUT2D eigenvalue weighted by molar-refractivity contribution is 7.91. The summed E-state index contributed by atoms with van der Waals surface area (Å²) in [5.41, 5.74) is 2.14. The zero-order chi connectivity index (χ0) is 15.0. The van der Waals surface area contributed by atoms with E-state index in [1.54, 1.807) is 9.80 Å². The maximum atomic E-state index is 12.8. The van der Waals surface area contributed by atoms with Crippen LogP contribution < -0.4 is 4.90 Å². The summed E-state index contributed by atoms with van der Waals surface area (Å²) >= 11 is 0. The molecule has 1 unspecified atom stereocenters. The number of nitrogens with zero attached hydrogens (tertiary/aromatic N) is 2. The van der Waals surface area contributed by atoms with Gasteiger partial charge in [-0.05, 0) is 31.4 Å². The predicted molar refractivity (Wildman–Crippen MR) is 82.3 cm³/mol. The molecule has 0 bridgehead atoms. The molecule has 2 heterocycles. The number of carbonyl (C=O) groups excluding carboxylic acids is 1. The van der Waals surface area contributed by atoms with Crippen molar-refractivity contribution >= 4 is 21.6 Å². The van der Waals surface area contributed by atoms with Gasteiger partial charge in [0.2, 0.25) is 0 Å². The number of sulfone groups is 1. The maximum absolute atomic E-state index is 12.8. The second kappa shape index (κ2) is 5.33. The van der Waals surface area contributed by atoms with Crippen LogP contribution in [-0.2, 0) is 16.3 Å². The molecule has 21 heavy (non-hydrogen) atoms. The lowest BCUT2D eigenvalue weighted by atomic mass is 10.2. The van der Waals surface area contributed by atoms with Gasteiger partial charge in [0.25, 0.3) is 0 Å². The van der Waals surface area contributed by atoms with Crippen molar-refractivity contribution < 1.29 is 13.2 Å². The van der Waals surface area contributed by atoms with E-state index in [1.165, 1.54) is 5.56 Å². The molecular formula is C15H20N2O3S. The molecule has 1 fully saturated rings. The quantitative estimate of drug-likeness (QED) is 0.835. The molecule has 2 amide bonds. The number of hydrogen-bond acceptors (Lipinski definition) is 3. The minimum Gasteiger partial charge on any atom is -0.321 e. The maximum Gasteiger partial charge on any atom is 0.324 e. The van der Waals surface area contributed by atoms with Crippen LogP contribution in [0.15, 0.2) is 24.3 Å². The molecule has 0 spiro atoms. The highest BCUT2D eigenvalue weighted by atomic mass is 32.2. The van der Waals surface area contributed by atoms with Gasteiger partial charge in [-0.3, -0.25) is 4.90 Å². The minimum atomic E-state index is -2.98. The molecule has 6 heteroatoms. The van der Waals surface area contributed by atoms with Crippen LogP contribution in [0.5, 0.6) is 0 Å². The third-order valence-electron chi connectivity index (χ3n) is 4.35. The molecule has 0 saturated carbocycles. The summed E-state index contributed by atoms with van der Waals surface area (Å²) < 4.78 is 23.3. The molecular weight excluding hydrogens is 288 g/mol. The fraction of sp³-hybridized carbons (Fsp3) is 0.533. The van der Waals surface area contributed by atoms with Crippen LogP contribution in [0.3, 0.4) is 0 Å². The lowest BCUT2D eigenvalue weighted by Gasteiger charge is -2.31. The topological polar surface area (TPSA) is 57.7 Å². The smallest absolute Gasteiger partial charge is 0.321 e. The van der Waals surface area contributed by atoms with Crippen LogP contribution in [0.25, 0.3) is 0 Å². The van der Waals surface area contributed by atoms with Crippen molar-refractivity contribution in [1.82, 2.24) is 4.90 Å². The Kier molecular flexibility index (Phi) is 3.65. The second-order valence-electron chi connectivity index (χ2n) is 5.66. The van der Waals surface area contributed by atoms with Gasteiger partial charge in [0.1, 0.15) is 0 Å². The van der Waals surface area contributed by atoms with Gasteiger partial charge in [0.15, 0.2) is 9.84 Å². The minimum absolute atomic E-state index is 0.0652. The highest BCUT2D eigenvalue weighted by Gasteiger charge is 2.37. The molecule has 1 atom stereocenters. The molecule has 1 aromatic carbocycles. The summed E-state index contributed by atoms with van der Waals surface area (Å²) in [6.45, 7) is 3.12. The van der Waals surface area contributed by atoms with Crippen molar-refractivity contribution in [3.05, 3.63) is 29.8 Å². The summed E-state index contributed by atoms with van der Waals surface area (Å²) in [4.78, 5) is 16.3. The third-order valence-corrected chi connectivity index (χ3v) is 6.10. The average molecular weight is 308 g/mol. The van der Waals surface area contributed by atoms with E-state index >= 15 is 0 Å². The summed E-state index contributed by atoms with van der Waals surface area (Å²) in [5.74, 6) is 0.292. The fourth-order valence-electron chi connectivity index (χ4n) is 3.26. The van der Waals surface area contributed by atoms with Gasteiger partial charge < -0.3 is 4.90 Å². The first-order valence-electron chi connectivity index (χ1n) is 7.38. The van der Waals surface area contributed by atoms with Gasteiger partial charge in [0, 0.05) is 24.8 Å². The monoisotopic (exact) mass is 308 g/mol. The Bertz CT molecular complexity index is 657. The average Bonchev–Trinajstić information content (AvgIpc) is 3.03. The SMILES string of the molecule is CCN(C(=O)N1CCc2ccccc21)C1CCS(=O)(=O)C1. The Morgan fingerprint density at radius 3 is 2.81 bits per heavy atom. The first-order valence-corrected chi connectivity index (χ1v) is 9.20. The summed E-state index contributed by atoms with van der Waals surface area (Å²) in [7, 11) is -2.98. The van der Waals surface area contributed by atoms with Crippen LogP contribution in [-0.4, -0.2) is 50.0 Å². The summed E-state index contributed by atoms with van der Waals surface area (Å²) in [6, 6.07) is 7.66. The van der Waals surface area contributed by atoms with E-state index in [9.17, 15) is 13.2 Å². The van der Waals surface area contributed by atoms with E-state index in [2.05, 4.69) is 0 Å². The van der Waals surface area contributed by atoms with Crippen molar-refractivity contribution in [2.24, 2.45) is 0 Å². The Labute approximate surface area is 125 Å². The van der Waals surface area contributed by atoms with Gasteiger partial charge >= 0.3 is 6.03 Å². The number of anilines is 1. The van der Waals surface area contributed by atoms with E-state index in [1.807, 2.05) is 31.2 Å². The Morgan fingerprint density at radius 2 is 2.14 bits per heavy atom. The zero-order valence-electron chi connectivity index (χ0n) is 12.2. The number of benzene rings is 1. The highest BCUT2D eigenvalue weighted by Crippen LogP contribution is 2.29. The predicted octanol–water partition coefficient (Wildman–Crippen LogP) is 1.68. The Hall–Kier alpha value is -1.56. The van der Waals surface area contributed by atoms with Crippen LogP contribution in [0.2, 0.25) is 0 Å². The number of carbonyl (C=O) groups is 1. The lowest BCUT2D eigenvalue weighted by molar-refractivity contribution is 0.191. The molecule has 0 N–H and O–H groups in total. The van der Waals surface area contributed by atoms with Crippen molar-refractivity contribution in [1.29, 1.82) is 0 Å². The molecule has 0 aromatic heterocycles. The van der Waals surface area contributed by atoms with Crippen LogP contribution in [0, 0.1) is 0 Å². The summed E-state index contributed by atoms with van der Waals surface area (Å²) in [5, 5.41) is 0. The Balaban J connectivity index is 1.81. The first kappa shape index (κ1) is 14.4. The number of amides is 2. The molecule has 1 aromatic rings. The van der Waals surface area contributed by atoms with E-state index in [4.69, 9.17) is 0 Å². The van der Waals surface area contributed by atoms with Gasteiger partial charge in [-0.2, -0.15) is 0 Å². The van der Waals surface area contributed by atoms with Crippen LogP contribution in [0.4, 0.5) is 10.5 Å². The van der Waals surface area contributed by atoms with Crippen molar-refractivity contribution in [2.45, 2.75) is 25.8 Å². The molecule has 1 saturated heterocycles. The van der Waals surface area contributed by atoms with Crippen molar-refractivity contribution in [3.8, 4) is 0 Å². The van der Waals surface area contributed by atoms with Crippen molar-refractivity contribution in [2.75, 3.05) is 29.5 Å². The summed E-state index contributed by atoms with van der Waals surface area (Å²) in [6.07, 6.45) is 1.42. The number of para-hydroxylation sites is 1. The fourth-order valence-corrected chi connectivity index (χ4v) is 4.99. The van der Waals surface area contributed by atoms with E-state index < -0.39 is 9.84 Å². The van der Waals surface area contributed by atoms with Crippen LogP contribution in [0.1, 0.15) is 18.9 Å². The second-order valence-corrected chi connectivity index (χ2v) is 7.88. The third kappa shape index (κ3) is 2.64. The van der Waals surface area contributed by atoms with Gasteiger partial charge in [-0.15, -0.1) is 0 Å². The van der Waals surface area contributed by atoms with Gasteiger partial charge in [-0.25, -0.2) is 13.2 Å². The molecule has 2 aliphatic rings. The molecule has 114 valence electrons. The van der Waals surface area contributed by atoms with Crippen LogP contribution >= 0.6 is 0 Å². The van der Waals surface area contributed by atoms with Gasteiger partial charge in [0.05, 0.1) is 11.5 Å². The van der Waals surface area contributed by atoms with Gasteiger partial charge in [-0.1, -0.05) is 18.2 Å². The molecule has 3 rings (SSSR count). The molecule has 5 nitrogen and oxygen atoms in total. The normalized spacial score (nSPS) is 23.1. The zero-order valence-corrected chi connectivity index (χ0v) is 13.0. The molecule has 2 aliphatic heterocycles. The largest absolute Gasteiger partial charge is 0.324 e. The molecule has 0 radical (unpaired) electrons. The number of hydrogen-bond donors (Lipinski definition) is 0. The molecule has 0 aliphatic carbocycles. The van der Waals surface area contributed by atoms with E-state index in [0.717, 1.165) is 12.1 Å². The van der Waals surface area contributed by atoms with Crippen molar-refractivity contribution in [3.63, 3.8) is 0 Å². The first-order chi connectivity index (χ1) is 10.0.